The Morgan fingerprint density at radius 2 is 2.17 bits per heavy atom. The molecule has 100 valence electrons. The molecule has 10 heteroatoms. The van der Waals surface area contributed by atoms with Crippen molar-refractivity contribution in [3.8, 4) is 0 Å². The molecule has 1 rings (SSSR count). The Hall–Kier alpha value is -1.16. The zero-order valence-corrected chi connectivity index (χ0v) is 11.4. The third-order valence-corrected chi connectivity index (χ3v) is 4.54. The van der Waals surface area contributed by atoms with Crippen LogP contribution < -0.4 is 4.72 Å². The number of halogens is 1. The van der Waals surface area contributed by atoms with Crippen molar-refractivity contribution in [1.82, 2.24) is 4.72 Å². The number of carboxylic acid groups (broad SMARTS) is 1. The van der Waals surface area contributed by atoms with Gasteiger partial charge in [0.25, 0.3) is 0 Å². The molecule has 0 fully saturated rings. The molecule has 18 heavy (non-hydrogen) atoms. The number of carbonyl (C=O) groups is 2. The maximum atomic E-state index is 11.8. The Morgan fingerprint density at radius 1 is 1.56 bits per heavy atom. The summed E-state index contributed by atoms with van der Waals surface area (Å²) in [5.74, 6) is -2.21. The van der Waals surface area contributed by atoms with Crippen LogP contribution >= 0.6 is 22.9 Å². The first kappa shape index (κ1) is 14.9. The summed E-state index contributed by atoms with van der Waals surface area (Å²) in [6.07, 6.45) is 0. The predicted octanol–water partition coefficient (Wildman–Crippen LogP) is 0.551. The first-order valence-electron chi connectivity index (χ1n) is 4.37. The second-order valence-corrected chi connectivity index (χ2v) is 6.37. The quantitative estimate of drug-likeness (QED) is 0.768. The third kappa shape index (κ3) is 3.42. The van der Waals surface area contributed by atoms with E-state index in [2.05, 4.69) is 4.74 Å². The summed E-state index contributed by atoms with van der Waals surface area (Å²) in [5.41, 5.74) is 0. The molecule has 7 nitrogen and oxygen atoms in total. The molecule has 1 aromatic heterocycles. The van der Waals surface area contributed by atoms with Crippen LogP contribution in [-0.2, 0) is 19.6 Å². The van der Waals surface area contributed by atoms with Gasteiger partial charge in [-0.05, 0) is 6.07 Å². The number of aliphatic carboxylic acids is 1. The smallest absolute Gasteiger partial charge is 0.349 e. The Balaban J connectivity index is 3.16. The summed E-state index contributed by atoms with van der Waals surface area (Å²) >= 11 is 6.37. The second-order valence-electron chi connectivity index (χ2n) is 2.95. The van der Waals surface area contributed by atoms with E-state index in [1.165, 1.54) is 0 Å². The van der Waals surface area contributed by atoms with Crippen molar-refractivity contribution in [2.24, 2.45) is 0 Å². The Kier molecular flexibility index (Phi) is 4.68. The summed E-state index contributed by atoms with van der Waals surface area (Å²) in [6.45, 7) is -0.795. The van der Waals surface area contributed by atoms with Crippen molar-refractivity contribution < 1.29 is 27.9 Å². The van der Waals surface area contributed by atoms with Gasteiger partial charge in [-0.2, -0.15) is 4.72 Å². The van der Waals surface area contributed by atoms with Gasteiger partial charge >= 0.3 is 11.9 Å². The Morgan fingerprint density at radius 3 is 2.67 bits per heavy atom. The molecule has 0 saturated carbocycles. The molecule has 0 amide bonds. The first-order valence-corrected chi connectivity index (χ1v) is 7.05. The summed E-state index contributed by atoms with van der Waals surface area (Å²) in [7, 11) is -3.03. The van der Waals surface area contributed by atoms with E-state index in [4.69, 9.17) is 16.7 Å². The number of hydrogen-bond acceptors (Lipinski definition) is 6. The van der Waals surface area contributed by atoms with E-state index in [0.29, 0.717) is 0 Å². The fourth-order valence-corrected chi connectivity index (χ4v) is 3.72. The van der Waals surface area contributed by atoms with Gasteiger partial charge in [-0.1, -0.05) is 11.6 Å². The van der Waals surface area contributed by atoms with Gasteiger partial charge in [0.15, 0.2) is 0 Å². The maximum Gasteiger partial charge on any atom is 0.349 e. The average Bonchev–Trinajstić information content (AvgIpc) is 2.68. The maximum absolute atomic E-state index is 11.8. The fourth-order valence-electron chi connectivity index (χ4n) is 1.01. The minimum Gasteiger partial charge on any atom is -0.480 e. The molecule has 0 radical (unpaired) electrons. The van der Waals surface area contributed by atoms with E-state index in [-0.39, 0.29) is 9.21 Å². The minimum absolute atomic E-state index is 0.0751. The highest BCUT2D eigenvalue weighted by Gasteiger charge is 2.26. The molecule has 0 aliphatic heterocycles. The molecule has 0 aromatic carbocycles. The molecule has 0 unspecified atom stereocenters. The molecule has 1 heterocycles. The van der Waals surface area contributed by atoms with Crippen LogP contribution in [0.1, 0.15) is 9.67 Å². The SMILES string of the molecule is COC(=O)c1sc(Cl)cc1S(=O)(=O)NCC(=O)O. The predicted molar refractivity (Wildman–Crippen MR) is 63.5 cm³/mol. The molecule has 0 spiro atoms. The number of thiophene rings is 1. The van der Waals surface area contributed by atoms with Crippen molar-refractivity contribution in [3.63, 3.8) is 0 Å². The molecular weight excluding hydrogens is 306 g/mol. The first-order chi connectivity index (χ1) is 8.27. The molecule has 0 aliphatic rings. The lowest BCUT2D eigenvalue weighted by molar-refractivity contribution is -0.135. The monoisotopic (exact) mass is 313 g/mol. The highest BCUT2D eigenvalue weighted by atomic mass is 35.5. The molecule has 2 N–H and O–H groups in total. The number of carboxylic acids is 1. The highest BCUT2D eigenvalue weighted by molar-refractivity contribution is 7.89. The lowest BCUT2D eigenvalue weighted by atomic mass is 10.5. The number of sulfonamides is 1. The van der Waals surface area contributed by atoms with Gasteiger partial charge in [0.1, 0.15) is 16.3 Å². The largest absolute Gasteiger partial charge is 0.480 e. The number of carbonyl (C=O) groups excluding carboxylic acids is 1. The Labute approximate surface area is 111 Å². The number of methoxy groups -OCH3 is 1. The molecule has 0 saturated heterocycles. The number of nitrogens with one attached hydrogen (secondary N) is 1. The lowest BCUT2D eigenvalue weighted by Gasteiger charge is -2.04. The van der Waals surface area contributed by atoms with Crippen molar-refractivity contribution in [2.75, 3.05) is 13.7 Å². The van der Waals surface area contributed by atoms with Crippen LogP contribution in [-0.4, -0.2) is 39.1 Å². The number of ether oxygens (including phenoxy) is 1. The van der Waals surface area contributed by atoms with Gasteiger partial charge in [-0.3, -0.25) is 4.79 Å². The van der Waals surface area contributed by atoms with Gasteiger partial charge in [0, 0.05) is 0 Å². The van der Waals surface area contributed by atoms with Crippen molar-refractivity contribution in [3.05, 3.63) is 15.3 Å². The van der Waals surface area contributed by atoms with E-state index in [9.17, 15) is 18.0 Å². The molecular formula is C8H8ClNO6S2. The van der Waals surface area contributed by atoms with Crippen LogP contribution in [0.15, 0.2) is 11.0 Å². The second kappa shape index (κ2) is 5.65. The van der Waals surface area contributed by atoms with E-state index < -0.39 is 33.4 Å². The van der Waals surface area contributed by atoms with Crippen molar-refractivity contribution in [2.45, 2.75) is 4.90 Å². The Bertz CT molecular complexity index is 578. The van der Waals surface area contributed by atoms with E-state index in [0.717, 1.165) is 24.5 Å². The third-order valence-electron chi connectivity index (χ3n) is 1.74. The molecule has 1 aromatic rings. The van der Waals surface area contributed by atoms with Gasteiger partial charge in [-0.25, -0.2) is 13.2 Å². The van der Waals surface area contributed by atoms with Crippen LogP contribution in [0.2, 0.25) is 4.34 Å². The zero-order chi connectivity index (χ0) is 13.9. The zero-order valence-electron chi connectivity index (χ0n) is 8.97. The van der Waals surface area contributed by atoms with Crippen LogP contribution in [0, 0.1) is 0 Å². The highest BCUT2D eigenvalue weighted by Crippen LogP contribution is 2.30. The summed E-state index contributed by atoms with van der Waals surface area (Å²) in [5, 5.41) is 8.41. The minimum atomic E-state index is -4.13. The van der Waals surface area contributed by atoms with Crippen LogP contribution in [0.3, 0.4) is 0 Å². The van der Waals surface area contributed by atoms with Crippen molar-refractivity contribution >= 4 is 44.9 Å². The molecule has 0 bridgehead atoms. The number of esters is 1. The molecule has 0 atom stereocenters. The topological polar surface area (TPSA) is 110 Å². The normalized spacial score (nSPS) is 11.2. The summed E-state index contributed by atoms with van der Waals surface area (Å²) in [4.78, 5) is 21.1. The van der Waals surface area contributed by atoms with E-state index in [1.807, 2.05) is 4.72 Å². The number of rotatable bonds is 5. The van der Waals surface area contributed by atoms with Crippen LogP contribution in [0.25, 0.3) is 0 Å². The van der Waals surface area contributed by atoms with Crippen molar-refractivity contribution in [1.29, 1.82) is 0 Å². The van der Waals surface area contributed by atoms with Gasteiger partial charge < -0.3 is 9.84 Å². The van der Waals surface area contributed by atoms with E-state index >= 15 is 0 Å². The van der Waals surface area contributed by atoms with E-state index in [1.54, 1.807) is 0 Å². The van der Waals surface area contributed by atoms with Crippen LogP contribution in [0.4, 0.5) is 0 Å². The summed E-state index contributed by atoms with van der Waals surface area (Å²) < 4.78 is 29.8. The summed E-state index contributed by atoms with van der Waals surface area (Å²) in [6, 6.07) is 1.06. The van der Waals surface area contributed by atoms with Gasteiger partial charge in [-0.15, -0.1) is 11.3 Å². The van der Waals surface area contributed by atoms with Gasteiger partial charge in [0.05, 0.1) is 11.4 Å². The van der Waals surface area contributed by atoms with Gasteiger partial charge in [0.2, 0.25) is 10.0 Å². The van der Waals surface area contributed by atoms with Crippen LogP contribution in [0.5, 0.6) is 0 Å². The molecule has 0 aliphatic carbocycles. The number of hydrogen-bond donors (Lipinski definition) is 2. The fraction of sp³-hybridized carbons (Fsp3) is 0.250. The average molecular weight is 314 g/mol. The standard InChI is InChI=1S/C8H8ClNO6S2/c1-16-8(13)7-4(2-5(9)17-7)18(14,15)10-3-6(11)12/h2,10H,3H2,1H3,(H,11,12). The lowest BCUT2D eigenvalue weighted by Crippen LogP contribution is -2.30.